The first-order chi connectivity index (χ1) is 15.5. The average molecular weight is 484 g/mol. The number of halogens is 3. The number of sulfonamides is 1. The van der Waals surface area contributed by atoms with Crippen molar-refractivity contribution in [2.45, 2.75) is 30.8 Å². The molecule has 1 aliphatic rings. The number of esters is 1. The number of piperidine rings is 1. The minimum Gasteiger partial charge on any atom is -0.455 e. The van der Waals surface area contributed by atoms with Crippen LogP contribution in [0, 0.1) is 12.8 Å². The zero-order valence-corrected chi connectivity index (χ0v) is 18.6. The smallest absolute Gasteiger partial charge is 0.416 e. The van der Waals surface area contributed by atoms with Crippen LogP contribution in [0.5, 0.6) is 0 Å². The van der Waals surface area contributed by atoms with E-state index in [-0.39, 0.29) is 25.9 Å². The van der Waals surface area contributed by atoms with Crippen molar-refractivity contribution in [1.29, 1.82) is 0 Å². The van der Waals surface area contributed by atoms with Crippen molar-refractivity contribution in [1.82, 2.24) is 4.31 Å². The average Bonchev–Trinajstić information content (AvgIpc) is 2.78. The van der Waals surface area contributed by atoms with Gasteiger partial charge in [0.15, 0.2) is 6.61 Å². The second-order valence-corrected chi connectivity index (χ2v) is 9.61. The van der Waals surface area contributed by atoms with Gasteiger partial charge in [-0.2, -0.15) is 17.5 Å². The van der Waals surface area contributed by atoms with E-state index in [4.69, 9.17) is 4.74 Å². The Bertz CT molecular complexity index is 1130. The van der Waals surface area contributed by atoms with Crippen LogP contribution >= 0.6 is 0 Å². The number of carbonyl (C=O) groups is 2. The van der Waals surface area contributed by atoms with Crippen molar-refractivity contribution in [3.05, 3.63) is 59.7 Å². The summed E-state index contributed by atoms with van der Waals surface area (Å²) < 4.78 is 70.4. The maximum absolute atomic E-state index is 12.9. The van der Waals surface area contributed by atoms with E-state index in [0.29, 0.717) is 11.8 Å². The van der Waals surface area contributed by atoms with Gasteiger partial charge >= 0.3 is 12.1 Å². The van der Waals surface area contributed by atoms with Gasteiger partial charge < -0.3 is 10.1 Å². The summed E-state index contributed by atoms with van der Waals surface area (Å²) >= 11 is 0. The normalized spacial score (nSPS) is 15.8. The molecule has 0 bridgehead atoms. The van der Waals surface area contributed by atoms with E-state index in [9.17, 15) is 31.2 Å². The van der Waals surface area contributed by atoms with Crippen LogP contribution in [0.2, 0.25) is 0 Å². The number of rotatable bonds is 6. The number of hydrogen-bond donors (Lipinski definition) is 1. The fourth-order valence-corrected chi connectivity index (χ4v) is 4.98. The van der Waals surface area contributed by atoms with Crippen LogP contribution in [0.15, 0.2) is 53.4 Å². The third-order valence-electron chi connectivity index (χ3n) is 5.35. The molecule has 1 heterocycles. The highest BCUT2D eigenvalue weighted by Crippen LogP contribution is 2.32. The number of amides is 1. The molecule has 11 heteroatoms. The molecule has 1 aliphatic heterocycles. The van der Waals surface area contributed by atoms with Gasteiger partial charge in [-0.25, -0.2) is 8.42 Å². The van der Waals surface area contributed by atoms with Crippen LogP contribution in [0.1, 0.15) is 24.0 Å². The molecule has 0 radical (unpaired) electrons. The van der Waals surface area contributed by atoms with E-state index in [0.717, 1.165) is 28.1 Å². The molecule has 2 aromatic carbocycles. The molecule has 33 heavy (non-hydrogen) atoms. The Morgan fingerprint density at radius 3 is 2.39 bits per heavy atom. The van der Waals surface area contributed by atoms with Crippen molar-refractivity contribution in [2.75, 3.05) is 25.0 Å². The van der Waals surface area contributed by atoms with E-state index in [1.54, 1.807) is 12.1 Å². The van der Waals surface area contributed by atoms with Crippen molar-refractivity contribution >= 4 is 27.6 Å². The largest absolute Gasteiger partial charge is 0.455 e. The number of nitrogens with one attached hydrogen (secondary N) is 1. The molecular weight excluding hydrogens is 461 g/mol. The van der Waals surface area contributed by atoms with E-state index < -0.39 is 51.1 Å². The summed E-state index contributed by atoms with van der Waals surface area (Å²) in [6.07, 6.45) is -4.39. The second-order valence-electron chi connectivity index (χ2n) is 7.67. The van der Waals surface area contributed by atoms with Gasteiger partial charge in [0, 0.05) is 18.8 Å². The molecule has 178 valence electrons. The van der Waals surface area contributed by atoms with E-state index >= 15 is 0 Å². The third kappa shape index (κ3) is 6.11. The summed E-state index contributed by atoms with van der Waals surface area (Å²) in [5.41, 5.74) is 0.407. The van der Waals surface area contributed by atoms with E-state index in [2.05, 4.69) is 5.32 Å². The lowest BCUT2D eigenvalue weighted by atomic mass is 9.98. The first-order valence-electron chi connectivity index (χ1n) is 10.2. The highest BCUT2D eigenvalue weighted by Gasteiger charge is 2.35. The summed E-state index contributed by atoms with van der Waals surface area (Å²) in [6.45, 7) is 1.25. The molecule has 0 atom stereocenters. The number of carbonyl (C=O) groups excluding carboxylic acids is 2. The Labute approximate surface area is 189 Å². The van der Waals surface area contributed by atoms with Crippen molar-refractivity contribution in [3.63, 3.8) is 0 Å². The second kappa shape index (κ2) is 9.92. The number of hydrogen-bond acceptors (Lipinski definition) is 5. The molecule has 7 nitrogen and oxygen atoms in total. The Morgan fingerprint density at radius 2 is 1.76 bits per heavy atom. The van der Waals surface area contributed by atoms with Crippen LogP contribution in [0.3, 0.4) is 0 Å². The predicted molar refractivity (Wildman–Crippen MR) is 114 cm³/mol. The summed E-state index contributed by atoms with van der Waals surface area (Å²) in [5.74, 6) is -1.72. The molecule has 0 aromatic heterocycles. The zero-order chi connectivity index (χ0) is 24.2. The number of alkyl halides is 3. The first-order valence-corrected chi connectivity index (χ1v) is 11.6. The number of aryl methyl sites for hydroxylation is 1. The highest BCUT2D eigenvalue weighted by atomic mass is 32.2. The van der Waals surface area contributed by atoms with Crippen LogP contribution in [-0.2, 0) is 30.5 Å². The van der Waals surface area contributed by atoms with Gasteiger partial charge in [-0.05, 0) is 49.6 Å². The highest BCUT2D eigenvalue weighted by molar-refractivity contribution is 7.89. The minimum atomic E-state index is -4.66. The number of anilines is 1. The molecular formula is C22H23F3N2O5S. The lowest BCUT2D eigenvalue weighted by Crippen LogP contribution is -2.41. The van der Waals surface area contributed by atoms with Gasteiger partial charge in [0.05, 0.1) is 16.4 Å². The summed E-state index contributed by atoms with van der Waals surface area (Å²) in [7, 11) is -4.14. The Kier molecular flexibility index (Phi) is 7.43. The molecule has 2 aromatic rings. The Balaban J connectivity index is 1.53. The van der Waals surface area contributed by atoms with Crippen LogP contribution < -0.4 is 5.32 Å². The fourth-order valence-electron chi connectivity index (χ4n) is 3.47. The molecule has 0 saturated carbocycles. The topological polar surface area (TPSA) is 92.8 Å². The van der Waals surface area contributed by atoms with Gasteiger partial charge in [0.1, 0.15) is 0 Å². The maximum atomic E-state index is 12.9. The maximum Gasteiger partial charge on any atom is 0.416 e. The molecule has 1 saturated heterocycles. The van der Waals surface area contributed by atoms with Gasteiger partial charge in [0.25, 0.3) is 5.91 Å². The fraction of sp³-hybridized carbons (Fsp3) is 0.364. The quantitative estimate of drug-likeness (QED) is 0.633. The van der Waals surface area contributed by atoms with Crippen LogP contribution in [-0.4, -0.2) is 44.3 Å². The molecule has 0 aliphatic carbocycles. The van der Waals surface area contributed by atoms with Crippen molar-refractivity contribution in [2.24, 2.45) is 5.92 Å². The predicted octanol–water partition coefficient (Wildman–Crippen LogP) is 3.60. The molecule has 1 N–H and O–H groups in total. The Morgan fingerprint density at radius 1 is 1.09 bits per heavy atom. The third-order valence-corrected chi connectivity index (χ3v) is 7.25. The minimum absolute atomic E-state index is 0.0479. The zero-order valence-electron chi connectivity index (χ0n) is 17.8. The van der Waals surface area contributed by atoms with Gasteiger partial charge in [-0.1, -0.05) is 24.3 Å². The molecule has 0 unspecified atom stereocenters. The van der Waals surface area contributed by atoms with Gasteiger partial charge in [-0.3, -0.25) is 9.59 Å². The summed E-state index contributed by atoms with van der Waals surface area (Å²) in [6, 6.07) is 10.7. The van der Waals surface area contributed by atoms with Gasteiger partial charge in [-0.15, -0.1) is 0 Å². The number of ether oxygens (including phenoxy) is 1. The monoisotopic (exact) mass is 484 g/mol. The summed E-state index contributed by atoms with van der Waals surface area (Å²) in [5, 5.41) is 2.64. The van der Waals surface area contributed by atoms with Gasteiger partial charge in [0.2, 0.25) is 10.0 Å². The van der Waals surface area contributed by atoms with E-state index in [1.165, 1.54) is 0 Å². The van der Waals surface area contributed by atoms with E-state index in [1.807, 2.05) is 19.1 Å². The van der Waals surface area contributed by atoms with Crippen molar-refractivity contribution < 1.29 is 35.9 Å². The first kappa shape index (κ1) is 24.7. The molecule has 1 fully saturated rings. The van der Waals surface area contributed by atoms with Crippen molar-refractivity contribution in [3.8, 4) is 0 Å². The number of benzene rings is 2. The molecule has 0 spiro atoms. The lowest BCUT2D eigenvalue weighted by Gasteiger charge is -2.30. The van der Waals surface area contributed by atoms with Crippen LogP contribution in [0.4, 0.5) is 18.9 Å². The molecule has 1 amide bonds. The Hall–Kier alpha value is -2.92. The number of nitrogens with zero attached hydrogens (tertiary/aromatic N) is 1. The van der Waals surface area contributed by atoms with Crippen LogP contribution in [0.25, 0.3) is 0 Å². The number of para-hydroxylation sites is 1. The standard InChI is InChI=1S/C22H23F3N2O5S/c1-15-5-2-3-8-19(15)26-20(28)14-32-21(29)16-9-11-27(12-10-16)33(30,31)18-7-4-6-17(13-18)22(23,24)25/h2-8,13,16H,9-12,14H2,1H3,(H,26,28). The summed E-state index contributed by atoms with van der Waals surface area (Å²) in [4.78, 5) is 23.9. The molecule has 3 rings (SSSR count). The lowest BCUT2D eigenvalue weighted by molar-refractivity contribution is -0.152. The SMILES string of the molecule is Cc1ccccc1NC(=O)COC(=O)C1CCN(S(=O)(=O)c2cccc(C(F)(F)F)c2)CC1.